The van der Waals surface area contributed by atoms with Gasteiger partial charge in [0.2, 0.25) is 10.0 Å². The Balaban J connectivity index is 2.60. The van der Waals surface area contributed by atoms with Gasteiger partial charge in [0.15, 0.2) is 0 Å². The molecule has 0 aromatic heterocycles. The molecule has 4 nitrogen and oxygen atoms in total. The van der Waals surface area contributed by atoms with E-state index in [9.17, 15) is 8.42 Å². The molecule has 0 amide bonds. The molecule has 0 aliphatic heterocycles. The van der Waals surface area contributed by atoms with E-state index >= 15 is 0 Å². The molecule has 114 valence electrons. The second-order valence-electron chi connectivity index (χ2n) is 4.42. The van der Waals surface area contributed by atoms with Gasteiger partial charge in [0.05, 0.1) is 4.90 Å². The van der Waals surface area contributed by atoms with Gasteiger partial charge in [-0.1, -0.05) is 12.5 Å². The summed E-state index contributed by atoms with van der Waals surface area (Å²) >= 11 is 5.09. The first kappa shape index (κ1) is 18.0. The fourth-order valence-corrected chi connectivity index (χ4v) is 4.29. The molecule has 0 bridgehead atoms. The van der Waals surface area contributed by atoms with Crippen molar-refractivity contribution in [2.24, 2.45) is 5.73 Å². The van der Waals surface area contributed by atoms with E-state index in [0.717, 1.165) is 30.6 Å². The van der Waals surface area contributed by atoms with Crippen LogP contribution in [0.2, 0.25) is 0 Å². The van der Waals surface area contributed by atoms with Crippen molar-refractivity contribution in [2.45, 2.75) is 30.7 Å². The predicted octanol–water partition coefficient (Wildman–Crippen LogP) is 2.72. The third kappa shape index (κ3) is 5.73. The van der Waals surface area contributed by atoms with Gasteiger partial charge in [-0.2, -0.15) is 11.8 Å². The largest absolute Gasteiger partial charge is 0.326 e. The van der Waals surface area contributed by atoms with E-state index < -0.39 is 10.0 Å². The van der Waals surface area contributed by atoms with Crippen LogP contribution < -0.4 is 10.5 Å². The molecule has 0 radical (unpaired) electrons. The Kier molecular flexibility index (Phi) is 8.13. The van der Waals surface area contributed by atoms with E-state index in [1.807, 2.05) is 17.8 Å². The van der Waals surface area contributed by atoms with Crippen molar-refractivity contribution in [3.05, 3.63) is 28.2 Å². The van der Waals surface area contributed by atoms with Gasteiger partial charge in [-0.3, -0.25) is 0 Å². The quantitative estimate of drug-likeness (QED) is 0.646. The van der Waals surface area contributed by atoms with Crippen LogP contribution in [0.5, 0.6) is 0 Å². The lowest BCUT2D eigenvalue weighted by Gasteiger charge is -2.10. The van der Waals surface area contributed by atoms with E-state index in [0.29, 0.717) is 17.6 Å². The summed E-state index contributed by atoms with van der Waals surface area (Å²) in [4.78, 5) is 0.254. The van der Waals surface area contributed by atoms with Crippen LogP contribution in [0, 0.1) is 0 Å². The average molecular weight is 381 g/mol. The van der Waals surface area contributed by atoms with E-state index in [1.54, 1.807) is 12.1 Å². The number of nitrogens with one attached hydrogen (secondary N) is 1. The van der Waals surface area contributed by atoms with Gasteiger partial charge >= 0.3 is 0 Å². The second-order valence-corrected chi connectivity index (χ2v) is 8.00. The number of hydrogen-bond acceptors (Lipinski definition) is 4. The van der Waals surface area contributed by atoms with Gasteiger partial charge in [-0.25, -0.2) is 13.1 Å². The molecule has 7 heteroatoms. The molecule has 0 saturated heterocycles. The van der Waals surface area contributed by atoms with Gasteiger partial charge in [0.1, 0.15) is 0 Å². The molecule has 1 aromatic carbocycles. The number of unbranched alkanes of at least 4 members (excludes halogenated alkanes) is 2. The molecule has 0 spiro atoms. The van der Waals surface area contributed by atoms with Crippen LogP contribution in [0.4, 0.5) is 0 Å². The fraction of sp³-hybridized carbons (Fsp3) is 0.538. The summed E-state index contributed by atoms with van der Waals surface area (Å²) in [6, 6.07) is 5.14. The summed E-state index contributed by atoms with van der Waals surface area (Å²) in [5, 5.41) is 0. The highest BCUT2D eigenvalue weighted by Gasteiger charge is 2.17. The van der Waals surface area contributed by atoms with Crippen LogP contribution in [-0.4, -0.2) is 27.0 Å². The van der Waals surface area contributed by atoms with Gasteiger partial charge in [-0.05, 0) is 58.5 Å². The lowest BCUT2D eigenvalue weighted by molar-refractivity contribution is 0.575. The summed E-state index contributed by atoms with van der Waals surface area (Å²) in [6.07, 6.45) is 5.08. The van der Waals surface area contributed by atoms with Crippen LogP contribution in [-0.2, 0) is 16.6 Å². The molecule has 0 heterocycles. The van der Waals surface area contributed by atoms with Crippen molar-refractivity contribution < 1.29 is 8.42 Å². The van der Waals surface area contributed by atoms with Crippen molar-refractivity contribution in [2.75, 3.05) is 18.6 Å². The molecule has 0 aliphatic rings. The second kappa shape index (κ2) is 9.04. The van der Waals surface area contributed by atoms with Crippen molar-refractivity contribution in [3.63, 3.8) is 0 Å². The summed E-state index contributed by atoms with van der Waals surface area (Å²) in [6.45, 7) is 0.792. The van der Waals surface area contributed by atoms with Gasteiger partial charge < -0.3 is 5.73 Å². The summed E-state index contributed by atoms with van der Waals surface area (Å²) in [5.74, 6) is 1.12. The van der Waals surface area contributed by atoms with Crippen molar-refractivity contribution in [3.8, 4) is 0 Å². The van der Waals surface area contributed by atoms with E-state index in [1.165, 1.54) is 0 Å². The normalized spacial score (nSPS) is 11.8. The van der Waals surface area contributed by atoms with E-state index in [-0.39, 0.29) is 4.90 Å². The van der Waals surface area contributed by atoms with Gasteiger partial charge in [-0.15, -0.1) is 0 Å². The number of rotatable bonds is 9. The van der Waals surface area contributed by atoms with E-state index in [2.05, 4.69) is 26.9 Å². The van der Waals surface area contributed by atoms with Crippen LogP contribution in [0.25, 0.3) is 0 Å². The summed E-state index contributed by atoms with van der Waals surface area (Å²) < 4.78 is 27.6. The lowest BCUT2D eigenvalue weighted by atomic mass is 10.2. The Morgan fingerprint density at radius 3 is 2.70 bits per heavy atom. The van der Waals surface area contributed by atoms with Crippen LogP contribution in [0.1, 0.15) is 24.8 Å². The predicted molar refractivity (Wildman–Crippen MR) is 89.5 cm³/mol. The fourth-order valence-electron chi connectivity index (χ4n) is 1.71. The first-order chi connectivity index (χ1) is 9.51. The molecule has 0 fully saturated rings. The zero-order chi connectivity index (χ0) is 15.0. The van der Waals surface area contributed by atoms with Crippen molar-refractivity contribution in [1.29, 1.82) is 0 Å². The lowest BCUT2D eigenvalue weighted by Crippen LogP contribution is -2.25. The molecule has 1 rings (SSSR count). The standard InChI is InChI=1S/C13H21BrN2O2S2/c1-19-8-4-2-3-7-16-20(17,18)13-9-11(10-15)5-6-12(13)14/h5-6,9,16H,2-4,7-8,10,15H2,1H3. The van der Waals surface area contributed by atoms with Gasteiger partial charge in [0, 0.05) is 17.6 Å². The minimum Gasteiger partial charge on any atom is -0.326 e. The van der Waals surface area contributed by atoms with E-state index in [4.69, 9.17) is 5.73 Å². The zero-order valence-corrected chi connectivity index (χ0v) is 14.8. The zero-order valence-electron chi connectivity index (χ0n) is 11.6. The SMILES string of the molecule is CSCCCCCNS(=O)(=O)c1cc(CN)ccc1Br. The Hall–Kier alpha value is -0.0800. The molecule has 0 saturated carbocycles. The first-order valence-corrected chi connectivity index (χ1v) is 10.2. The minimum atomic E-state index is -3.47. The summed E-state index contributed by atoms with van der Waals surface area (Å²) in [7, 11) is -3.47. The first-order valence-electron chi connectivity index (χ1n) is 6.48. The Labute approximate surface area is 134 Å². The summed E-state index contributed by atoms with van der Waals surface area (Å²) in [5.41, 5.74) is 6.35. The molecule has 0 atom stereocenters. The van der Waals surface area contributed by atoms with Crippen LogP contribution in [0.3, 0.4) is 0 Å². The smallest absolute Gasteiger partial charge is 0.241 e. The third-order valence-electron chi connectivity index (χ3n) is 2.84. The highest BCUT2D eigenvalue weighted by Crippen LogP contribution is 2.23. The van der Waals surface area contributed by atoms with Crippen molar-refractivity contribution in [1.82, 2.24) is 4.72 Å². The Bertz CT molecular complexity index is 521. The molecule has 0 aliphatic carbocycles. The monoisotopic (exact) mass is 380 g/mol. The molecule has 0 unspecified atom stereocenters. The number of halogens is 1. The minimum absolute atomic E-state index is 0.254. The molecule has 20 heavy (non-hydrogen) atoms. The number of benzene rings is 1. The maximum absolute atomic E-state index is 12.2. The maximum Gasteiger partial charge on any atom is 0.241 e. The molecular formula is C13H21BrN2O2S2. The number of hydrogen-bond donors (Lipinski definition) is 2. The Morgan fingerprint density at radius 2 is 2.05 bits per heavy atom. The van der Waals surface area contributed by atoms with Gasteiger partial charge in [0.25, 0.3) is 0 Å². The topological polar surface area (TPSA) is 72.2 Å². The third-order valence-corrected chi connectivity index (χ3v) is 5.99. The van der Waals surface area contributed by atoms with Crippen LogP contribution >= 0.6 is 27.7 Å². The number of thioether (sulfide) groups is 1. The average Bonchev–Trinajstić information content (AvgIpc) is 2.43. The number of nitrogens with two attached hydrogens (primary N) is 1. The highest BCUT2D eigenvalue weighted by molar-refractivity contribution is 9.10. The highest BCUT2D eigenvalue weighted by atomic mass is 79.9. The molecule has 3 N–H and O–H groups in total. The van der Waals surface area contributed by atoms with Crippen LogP contribution in [0.15, 0.2) is 27.6 Å². The number of sulfonamides is 1. The van der Waals surface area contributed by atoms with Crippen molar-refractivity contribution >= 4 is 37.7 Å². The maximum atomic E-state index is 12.2. The Morgan fingerprint density at radius 1 is 1.30 bits per heavy atom. The molecular weight excluding hydrogens is 360 g/mol. The molecule has 1 aromatic rings.